The lowest BCUT2D eigenvalue weighted by molar-refractivity contribution is -0.127. The van der Waals surface area contributed by atoms with Gasteiger partial charge in [-0.25, -0.2) is 4.98 Å². The molecule has 0 aliphatic rings. The van der Waals surface area contributed by atoms with Gasteiger partial charge in [-0.15, -0.1) is 0 Å². The molecule has 0 unspecified atom stereocenters. The van der Waals surface area contributed by atoms with Gasteiger partial charge in [0.2, 0.25) is 11.9 Å². The fourth-order valence-corrected chi connectivity index (χ4v) is 1.70. The lowest BCUT2D eigenvalue weighted by atomic mass is 10.1. The first-order chi connectivity index (χ1) is 10.6. The van der Waals surface area contributed by atoms with E-state index in [2.05, 4.69) is 15.3 Å². The van der Waals surface area contributed by atoms with Crippen molar-refractivity contribution in [1.29, 1.82) is 0 Å². The highest BCUT2D eigenvalue weighted by Crippen LogP contribution is 2.27. The summed E-state index contributed by atoms with van der Waals surface area (Å²) in [6.45, 7) is -0.0977. The molecule has 8 heteroatoms. The van der Waals surface area contributed by atoms with Crippen LogP contribution in [0.1, 0.15) is 0 Å². The number of hydrogen-bond donors (Lipinski definition) is 3. The lowest BCUT2D eigenvalue weighted by Gasteiger charge is -2.09. The molecular formula is C14H17N5O3. The van der Waals surface area contributed by atoms with E-state index in [0.29, 0.717) is 17.1 Å². The summed E-state index contributed by atoms with van der Waals surface area (Å²) in [4.78, 5) is 18.8. The molecule has 0 bridgehead atoms. The molecule has 1 heterocycles. The number of aromatic nitrogens is 2. The van der Waals surface area contributed by atoms with Crippen LogP contribution < -0.4 is 21.5 Å². The molecule has 0 fully saturated rings. The smallest absolute Gasteiger partial charge is 0.245 e. The minimum Gasteiger partial charge on any atom is -0.468 e. The largest absolute Gasteiger partial charge is 0.468 e. The first kappa shape index (κ1) is 15.5. The SMILES string of the molecule is CNC(=O)COCOc1cccc(-c2cnc(N)nc2N)c1. The topological polar surface area (TPSA) is 125 Å². The summed E-state index contributed by atoms with van der Waals surface area (Å²) in [6.07, 6.45) is 1.55. The normalized spacial score (nSPS) is 10.2. The van der Waals surface area contributed by atoms with Crippen LogP contribution in [-0.4, -0.2) is 36.3 Å². The van der Waals surface area contributed by atoms with E-state index in [0.717, 1.165) is 5.56 Å². The second kappa shape index (κ2) is 7.23. The maximum absolute atomic E-state index is 11.0. The van der Waals surface area contributed by atoms with Crippen molar-refractivity contribution in [2.75, 3.05) is 31.9 Å². The minimum atomic E-state index is -0.218. The standard InChI is InChI=1S/C14H17N5O3/c1-17-12(20)7-21-8-22-10-4-2-3-9(5-10)11-6-18-14(16)19-13(11)15/h2-6H,7-8H2,1H3,(H,17,20)(H4,15,16,18,19). The molecule has 1 aromatic heterocycles. The number of amides is 1. The molecule has 22 heavy (non-hydrogen) atoms. The molecule has 116 valence electrons. The van der Waals surface area contributed by atoms with E-state index < -0.39 is 0 Å². The van der Waals surface area contributed by atoms with E-state index in [-0.39, 0.29) is 25.3 Å². The van der Waals surface area contributed by atoms with E-state index in [1.54, 1.807) is 24.4 Å². The number of carbonyl (C=O) groups excluding carboxylic acids is 1. The maximum Gasteiger partial charge on any atom is 0.245 e. The number of hydrogen-bond acceptors (Lipinski definition) is 7. The number of benzene rings is 1. The van der Waals surface area contributed by atoms with Gasteiger partial charge in [-0.05, 0) is 17.7 Å². The second-order valence-electron chi connectivity index (χ2n) is 4.34. The molecule has 0 saturated heterocycles. The highest BCUT2D eigenvalue weighted by atomic mass is 16.7. The number of anilines is 2. The summed E-state index contributed by atoms with van der Waals surface area (Å²) in [5.41, 5.74) is 12.8. The molecule has 5 N–H and O–H groups in total. The van der Waals surface area contributed by atoms with Gasteiger partial charge in [-0.1, -0.05) is 12.1 Å². The number of nitrogens with two attached hydrogens (primary N) is 2. The van der Waals surface area contributed by atoms with E-state index in [1.165, 1.54) is 7.05 Å². The van der Waals surface area contributed by atoms with Gasteiger partial charge in [0.1, 0.15) is 18.2 Å². The van der Waals surface area contributed by atoms with Gasteiger partial charge in [-0.3, -0.25) is 4.79 Å². The van der Waals surface area contributed by atoms with Gasteiger partial charge in [0, 0.05) is 18.8 Å². The van der Waals surface area contributed by atoms with Gasteiger partial charge in [0.25, 0.3) is 0 Å². The second-order valence-corrected chi connectivity index (χ2v) is 4.34. The minimum absolute atomic E-state index is 0.0371. The molecule has 1 aromatic carbocycles. The molecule has 0 atom stereocenters. The van der Waals surface area contributed by atoms with Crippen molar-refractivity contribution in [1.82, 2.24) is 15.3 Å². The number of carbonyl (C=O) groups is 1. The Kier molecular flexibility index (Phi) is 5.10. The number of nitrogens with one attached hydrogen (secondary N) is 1. The molecule has 0 spiro atoms. The van der Waals surface area contributed by atoms with Crippen LogP contribution in [0.4, 0.5) is 11.8 Å². The number of likely N-dealkylation sites (N-methyl/N-ethyl adjacent to an activating group) is 1. The fraction of sp³-hybridized carbons (Fsp3) is 0.214. The monoisotopic (exact) mass is 303 g/mol. The van der Waals surface area contributed by atoms with Gasteiger partial charge in [-0.2, -0.15) is 4.98 Å². The summed E-state index contributed by atoms with van der Waals surface area (Å²) in [7, 11) is 1.54. The van der Waals surface area contributed by atoms with Crippen LogP contribution in [0, 0.1) is 0 Å². The molecule has 2 aromatic rings. The molecular weight excluding hydrogens is 286 g/mol. The van der Waals surface area contributed by atoms with Crippen LogP contribution in [0.2, 0.25) is 0 Å². The summed E-state index contributed by atoms with van der Waals surface area (Å²) < 4.78 is 10.5. The predicted molar refractivity (Wildman–Crippen MR) is 81.8 cm³/mol. The maximum atomic E-state index is 11.0. The van der Waals surface area contributed by atoms with Crippen molar-refractivity contribution in [3.8, 4) is 16.9 Å². The summed E-state index contributed by atoms with van der Waals surface area (Å²) in [6, 6.07) is 7.19. The van der Waals surface area contributed by atoms with Crippen molar-refractivity contribution >= 4 is 17.7 Å². The quantitative estimate of drug-likeness (QED) is 0.521. The van der Waals surface area contributed by atoms with Crippen LogP contribution >= 0.6 is 0 Å². The Morgan fingerprint density at radius 2 is 2.18 bits per heavy atom. The van der Waals surface area contributed by atoms with E-state index in [9.17, 15) is 4.79 Å². The Labute approximate surface area is 127 Å². The molecule has 2 rings (SSSR count). The fourth-order valence-electron chi connectivity index (χ4n) is 1.70. The summed E-state index contributed by atoms with van der Waals surface area (Å²) in [5.74, 6) is 0.770. The lowest BCUT2D eigenvalue weighted by Crippen LogP contribution is -2.24. The number of ether oxygens (including phenoxy) is 2. The van der Waals surface area contributed by atoms with Crippen LogP contribution in [0.25, 0.3) is 11.1 Å². The van der Waals surface area contributed by atoms with Gasteiger partial charge < -0.3 is 26.3 Å². The average Bonchev–Trinajstić information content (AvgIpc) is 2.51. The Morgan fingerprint density at radius 3 is 2.91 bits per heavy atom. The zero-order valence-electron chi connectivity index (χ0n) is 12.1. The zero-order valence-corrected chi connectivity index (χ0v) is 12.1. The molecule has 0 saturated carbocycles. The Balaban J connectivity index is 2.02. The highest BCUT2D eigenvalue weighted by Gasteiger charge is 2.07. The van der Waals surface area contributed by atoms with E-state index >= 15 is 0 Å². The first-order valence-corrected chi connectivity index (χ1v) is 6.49. The molecule has 8 nitrogen and oxygen atoms in total. The summed E-state index contributed by atoms with van der Waals surface area (Å²) >= 11 is 0. The van der Waals surface area contributed by atoms with Gasteiger partial charge in [0.05, 0.1) is 0 Å². The van der Waals surface area contributed by atoms with Gasteiger partial charge in [0.15, 0.2) is 6.79 Å². The summed E-state index contributed by atoms with van der Waals surface area (Å²) in [5, 5.41) is 2.45. The van der Waals surface area contributed by atoms with Crippen LogP contribution in [0.5, 0.6) is 5.75 Å². The van der Waals surface area contributed by atoms with Crippen LogP contribution in [0.15, 0.2) is 30.5 Å². The molecule has 0 radical (unpaired) electrons. The van der Waals surface area contributed by atoms with E-state index in [4.69, 9.17) is 20.9 Å². The molecule has 0 aliphatic carbocycles. The third-order valence-electron chi connectivity index (χ3n) is 2.80. The number of nitrogen functional groups attached to an aromatic ring is 2. The first-order valence-electron chi connectivity index (χ1n) is 6.49. The average molecular weight is 303 g/mol. The van der Waals surface area contributed by atoms with Crippen LogP contribution in [-0.2, 0) is 9.53 Å². The Bertz CT molecular complexity index is 663. The molecule has 1 amide bonds. The zero-order chi connectivity index (χ0) is 15.9. The van der Waals surface area contributed by atoms with Crippen LogP contribution in [0.3, 0.4) is 0 Å². The number of rotatable bonds is 6. The highest BCUT2D eigenvalue weighted by molar-refractivity contribution is 5.76. The number of nitrogens with zero attached hydrogens (tertiary/aromatic N) is 2. The van der Waals surface area contributed by atoms with E-state index in [1.807, 2.05) is 6.07 Å². The Hall–Kier alpha value is -2.87. The van der Waals surface area contributed by atoms with Crippen molar-refractivity contribution in [3.63, 3.8) is 0 Å². The third-order valence-corrected chi connectivity index (χ3v) is 2.80. The van der Waals surface area contributed by atoms with Crippen molar-refractivity contribution < 1.29 is 14.3 Å². The third kappa shape index (κ3) is 4.06. The molecule has 0 aliphatic heterocycles. The predicted octanol–water partition coefficient (Wildman–Crippen LogP) is 0.407. The van der Waals surface area contributed by atoms with Crippen molar-refractivity contribution in [3.05, 3.63) is 30.5 Å². The van der Waals surface area contributed by atoms with Crippen molar-refractivity contribution in [2.24, 2.45) is 0 Å². The van der Waals surface area contributed by atoms with Crippen molar-refractivity contribution in [2.45, 2.75) is 0 Å². The van der Waals surface area contributed by atoms with Gasteiger partial charge >= 0.3 is 0 Å². The Morgan fingerprint density at radius 1 is 1.36 bits per heavy atom.